The number of aliphatic hydroxyl groups excluding tert-OH is 1. The largest absolute Gasteiger partial charge is 0.472 e. The number of hydrogen-bond donors (Lipinski definition) is 3. The van der Waals surface area contributed by atoms with Crippen LogP contribution in [0.1, 0.15) is 369 Å². The van der Waals surface area contributed by atoms with Gasteiger partial charge in [-0.25, -0.2) is 9.13 Å². The second-order valence-corrected chi connectivity index (χ2v) is 29.0. The number of rotatable bonds is 71. The summed E-state index contributed by atoms with van der Waals surface area (Å²) in [6.45, 7) is 7.19. The Morgan fingerprint density at radius 3 is 0.756 bits per heavy atom. The third kappa shape index (κ3) is 64.8. The molecule has 534 valence electrons. The molecule has 0 aromatic carbocycles. The number of esters is 4. The van der Waals surface area contributed by atoms with Gasteiger partial charge < -0.3 is 33.8 Å². The summed E-state index contributed by atoms with van der Waals surface area (Å²) in [6, 6.07) is 0. The second kappa shape index (κ2) is 64.4. The van der Waals surface area contributed by atoms with E-state index in [0.717, 1.165) is 109 Å². The SMILES string of the molecule is CCCCCCCCCCCCCCCCCCCCCCC(=O)O[C@H](COC(=O)CCCCCCCCCCCC(C)C)COP(=O)(O)OC[C@@H](O)COP(=O)(O)OC[C@@H](COC(=O)CCCCCCCCC)OC(=O)CCCCCCCCCCCCC. The van der Waals surface area contributed by atoms with Crippen LogP contribution in [0.2, 0.25) is 0 Å². The maximum Gasteiger partial charge on any atom is 0.472 e. The van der Waals surface area contributed by atoms with Crippen LogP contribution < -0.4 is 0 Å². The zero-order valence-electron chi connectivity index (χ0n) is 58.3. The Hall–Kier alpha value is -1.94. The zero-order chi connectivity index (χ0) is 66.3. The van der Waals surface area contributed by atoms with E-state index in [1.807, 2.05) is 0 Å². The summed E-state index contributed by atoms with van der Waals surface area (Å²) >= 11 is 0. The van der Waals surface area contributed by atoms with Crippen LogP contribution in [0.15, 0.2) is 0 Å². The normalized spacial score (nSPS) is 14.1. The summed E-state index contributed by atoms with van der Waals surface area (Å²) in [6.07, 6.45) is 51.6. The molecule has 0 aliphatic carbocycles. The molecule has 0 saturated carbocycles. The monoisotopic (exact) mass is 1320 g/mol. The predicted molar refractivity (Wildman–Crippen MR) is 363 cm³/mol. The lowest BCUT2D eigenvalue weighted by Gasteiger charge is -2.21. The Morgan fingerprint density at radius 1 is 0.300 bits per heavy atom. The Morgan fingerprint density at radius 2 is 0.511 bits per heavy atom. The molecule has 0 aromatic heterocycles. The first-order valence-electron chi connectivity index (χ1n) is 37.1. The first-order valence-corrected chi connectivity index (χ1v) is 40.1. The minimum Gasteiger partial charge on any atom is -0.462 e. The van der Waals surface area contributed by atoms with Crippen LogP contribution in [0.5, 0.6) is 0 Å². The highest BCUT2D eigenvalue weighted by atomic mass is 31.2. The van der Waals surface area contributed by atoms with Gasteiger partial charge >= 0.3 is 39.5 Å². The van der Waals surface area contributed by atoms with Crippen LogP contribution in [-0.4, -0.2) is 96.7 Å². The third-order valence-corrected chi connectivity index (χ3v) is 18.4. The molecule has 2 unspecified atom stereocenters. The molecule has 19 heteroatoms. The minimum atomic E-state index is -4.95. The van der Waals surface area contributed by atoms with E-state index >= 15 is 0 Å². The van der Waals surface area contributed by atoms with Crippen LogP contribution >= 0.6 is 15.6 Å². The van der Waals surface area contributed by atoms with E-state index in [1.165, 1.54) is 180 Å². The molecule has 0 bridgehead atoms. The van der Waals surface area contributed by atoms with E-state index in [0.29, 0.717) is 25.7 Å². The van der Waals surface area contributed by atoms with E-state index in [9.17, 15) is 43.2 Å². The highest BCUT2D eigenvalue weighted by molar-refractivity contribution is 7.47. The molecular formula is C71H138O17P2. The van der Waals surface area contributed by atoms with E-state index in [2.05, 4.69) is 34.6 Å². The third-order valence-electron chi connectivity index (χ3n) is 16.5. The summed E-state index contributed by atoms with van der Waals surface area (Å²) < 4.78 is 68.2. The maximum absolute atomic E-state index is 13.0. The quantitative estimate of drug-likeness (QED) is 0.0222. The number of ether oxygens (including phenoxy) is 4. The number of aliphatic hydroxyl groups is 1. The molecule has 0 fully saturated rings. The molecule has 5 atom stereocenters. The van der Waals surface area contributed by atoms with Crippen molar-refractivity contribution < 1.29 is 80.2 Å². The lowest BCUT2D eigenvalue weighted by Crippen LogP contribution is -2.30. The minimum absolute atomic E-state index is 0.107. The van der Waals surface area contributed by atoms with Gasteiger partial charge in [-0.05, 0) is 31.6 Å². The number of phosphoric acid groups is 2. The van der Waals surface area contributed by atoms with E-state index in [1.54, 1.807) is 0 Å². The predicted octanol–water partition coefficient (Wildman–Crippen LogP) is 20.5. The fraction of sp³-hybridized carbons (Fsp3) is 0.944. The van der Waals surface area contributed by atoms with Gasteiger partial charge in [-0.1, -0.05) is 317 Å². The molecule has 3 N–H and O–H groups in total. The molecule has 90 heavy (non-hydrogen) atoms. The van der Waals surface area contributed by atoms with Gasteiger partial charge in [-0.3, -0.25) is 37.3 Å². The van der Waals surface area contributed by atoms with Gasteiger partial charge in [0.15, 0.2) is 12.2 Å². The summed E-state index contributed by atoms with van der Waals surface area (Å²) in [4.78, 5) is 72.4. The lowest BCUT2D eigenvalue weighted by atomic mass is 10.0. The van der Waals surface area contributed by atoms with E-state index in [-0.39, 0.29) is 25.7 Å². The fourth-order valence-corrected chi connectivity index (χ4v) is 12.4. The van der Waals surface area contributed by atoms with Crippen molar-refractivity contribution in [1.29, 1.82) is 0 Å². The second-order valence-electron chi connectivity index (χ2n) is 26.1. The molecule has 0 aliphatic heterocycles. The summed E-state index contributed by atoms with van der Waals surface area (Å²) in [7, 11) is -9.89. The Kier molecular flexibility index (Phi) is 63.0. The van der Waals surface area contributed by atoms with E-state index < -0.39 is 97.5 Å². The Balaban J connectivity index is 5.15. The van der Waals surface area contributed by atoms with Crippen LogP contribution in [-0.2, 0) is 65.4 Å². The molecule has 0 saturated heterocycles. The number of hydrogen-bond acceptors (Lipinski definition) is 15. The van der Waals surface area contributed by atoms with Gasteiger partial charge in [0.05, 0.1) is 26.4 Å². The fourth-order valence-electron chi connectivity index (χ4n) is 10.8. The lowest BCUT2D eigenvalue weighted by molar-refractivity contribution is -0.161. The van der Waals surface area contributed by atoms with Gasteiger partial charge in [0.1, 0.15) is 19.3 Å². The number of phosphoric ester groups is 2. The van der Waals surface area contributed by atoms with Crippen LogP contribution in [0.4, 0.5) is 0 Å². The van der Waals surface area contributed by atoms with Crippen molar-refractivity contribution in [1.82, 2.24) is 0 Å². The summed E-state index contributed by atoms with van der Waals surface area (Å²) in [5.41, 5.74) is 0. The van der Waals surface area contributed by atoms with Gasteiger partial charge in [-0.2, -0.15) is 0 Å². The van der Waals surface area contributed by atoms with Crippen molar-refractivity contribution >= 4 is 39.5 Å². The number of carbonyl (C=O) groups is 4. The van der Waals surface area contributed by atoms with E-state index in [4.69, 9.17) is 37.0 Å². The highest BCUT2D eigenvalue weighted by Crippen LogP contribution is 2.45. The first kappa shape index (κ1) is 88.1. The molecule has 0 aliphatic rings. The van der Waals surface area contributed by atoms with Crippen molar-refractivity contribution in [2.24, 2.45) is 5.92 Å². The molecular weight excluding hydrogens is 1190 g/mol. The van der Waals surface area contributed by atoms with Gasteiger partial charge in [0.25, 0.3) is 0 Å². The average molecular weight is 1330 g/mol. The Bertz CT molecular complexity index is 1740. The van der Waals surface area contributed by atoms with Crippen LogP contribution in [0, 0.1) is 5.92 Å². The number of carbonyl (C=O) groups excluding carboxylic acids is 4. The summed E-state index contributed by atoms with van der Waals surface area (Å²) in [5.74, 6) is -1.38. The molecule has 0 radical (unpaired) electrons. The van der Waals surface area contributed by atoms with Gasteiger partial charge in [-0.15, -0.1) is 0 Å². The average Bonchev–Trinajstić information content (AvgIpc) is 3.60. The molecule has 0 rings (SSSR count). The Labute approximate surface area is 549 Å². The molecule has 0 heterocycles. The van der Waals surface area contributed by atoms with Crippen molar-refractivity contribution in [3.8, 4) is 0 Å². The van der Waals surface area contributed by atoms with Crippen LogP contribution in [0.25, 0.3) is 0 Å². The molecule has 0 spiro atoms. The highest BCUT2D eigenvalue weighted by Gasteiger charge is 2.30. The van der Waals surface area contributed by atoms with Crippen molar-refractivity contribution in [3.05, 3.63) is 0 Å². The molecule has 0 amide bonds. The van der Waals surface area contributed by atoms with Crippen LogP contribution in [0.3, 0.4) is 0 Å². The van der Waals surface area contributed by atoms with Gasteiger partial charge in [0, 0.05) is 25.7 Å². The smallest absolute Gasteiger partial charge is 0.462 e. The summed E-state index contributed by atoms with van der Waals surface area (Å²) in [5, 5.41) is 10.6. The first-order chi connectivity index (χ1) is 43.5. The molecule has 0 aromatic rings. The van der Waals surface area contributed by atoms with Crippen molar-refractivity contribution in [3.63, 3.8) is 0 Å². The molecule has 17 nitrogen and oxygen atoms in total. The van der Waals surface area contributed by atoms with Crippen molar-refractivity contribution in [2.45, 2.75) is 387 Å². The van der Waals surface area contributed by atoms with Gasteiger partial charge in [0.2, 0.25) is 0 Å². The zero-order valence-corrected chi connectivity index (χ0v) is 60.1. The topological polar surface area (TPSA) is 237 Å². The number of unbranched alkanes of at least 4 members (excludes halogenated alkanes) is 43. The standard InChI is InChI=1S/C71H138O17P2/c1-6-9-12-15-18-20-22-23-24-25-26-27-28-29-30-32-36-42-47-52-57-71(76)88-67(61-82-69(74)55-50-45-40-37-33-34-39-43-48-53-64(4)5)63-86-90(79,80)84-59-65(72)58-83-89(77,78)85-62-66(60-81-68(73)54-49-44-38-17-14-11-8-3)87-70(75)56-51-46-41-35-31-21-19-16-13-10-7-2/h64-67,72H,6-63H2,1-5H3,(H,77,78)(H,79,80)/t65-,66+,67+/m0/s1. The van der Waals surface area contributed by atoms with Crippen molar-refractivity contribution in [2.75, 3.05) is 39.6 Å². The maximum atomic E-state index is 13.0.